The molecule has 0 radical (unpaired) electrons. The number of rotatable bonds is 2. The topological polar surface area (TPSA) is 49.4 Å². The van der Waals surface area contributed by atoms with Gasteiger partial charge in [0, 0.05) is 0 Å². The zero-order chi connectivity index (χ0) is 14.2. The molecule has 98 valence electrons. The Balaban J connectivity index is 2.25. The molecule has 1 aliphatic heterocycles. The minimum Gasteiger partial charge on any atom is -0.317 e. The number of nitrogens with zero attached hydrogens (tertiary/aromatic N) is 1. The summed E-state index contributed by atoms with van der Waals surface area (Å²) in [7, 11) is 1.49. The molecule has 20 heavy (non-hydrogen) atoms. The zero-order valence-electron chi connectivity index (χ0n) is 11.0. The second-order valence-electron chi connectivity index (χ2n) is 4.78. The average Bonchev–Trinajstić information content (AvgIpc) is 2.74. The van der Waals surface area contributed by atoms with Gasteiger partial charge in [-0.3, -0.25) is 4.79 Å². The molecule has 3 rings (SSSR count). The maximum atomic E-state index is 12.7. The van der Waals surface area contributed by atoms with Crippen molar-refractivity contribution in [3.05, 3.63) is 71.8 Å². The van der Waals surface area contributed by atoms with Crippen molar-refractivity contribution in [1.29, 1.82) is 0 Å². The molecule has 2 aromatic rings. The Kier molecular flexibility index (Phi) is 2.82. The number of benzene rings is 2. The molecule has 1 aliphatic rings. The molecule has 0 unspecified atom stereocenters. The maximum Gasteiger partial charge on any atom is 0.312 e. The minimum absolute atomic E-state index is 0.264. The number of amides is 3. The van der Waals surface area contributed by atoms with Crippen LogP contribution in [0.1, 0.15) is 11.1 Å². The van der Waals surface area contributed by atoms with Crippen LogP contribution in [0.4, 0.5) is 4.79 Å². The second-order valence-corrected chi connectivity index (χ2v) is 4.78. The first-order valence-electron chi connectivity index (χ1n) is 6.37. The van der Waals surface area contributed by atoms with Gasteiger partial charge in [-0.15, -0.1) is 0 Å². The van der Waals surface area contributed by atoms with Crippen molar-refractivity contribution in [2.75, 3.05) is 0 Å². The molecule has 1 saturated heterocycles. The Hall–Kier alpha value is -2.56. The summed E-state index contributed by atoms with van der Waals surface area (Å²) in [6.45, 7) is 0. The molecular weight excluding hydrogens is 251 g/mol. The number of nitrogens with one attached hydrogen (secondary N) is 1. The van der Waals surface area contributed by atoms with Gasteiger partial charge in [-0.05, 0) is 11.1 Å². The molecule has 0 spiro atoms. The average molecular weight is 264 g/mol. The summed E-state index contributed by atoms with van der Waals surface area (Å²) < 4.78 is 0. The highest BCUT2D eigenvalue weighted by Gasteiger charge is 2.51. The highest BCUT2D eigenvalue weighted by molar-refractivity contribution is 6.29. The lowest BCUT2D eigenvalue weighted by molar-refractivity contribution is -0.127. The van der Waals surface area contributed by atoms with E-state index in [2.05, 4.69) is 5.32 Å². The summed E-state index contributed by atoms with van der Waals surface area (Å²) in [5, 5.41) is 2.84. The van der Waals surface area contributed by atoms with E-state index >= 15 is 0 Å². The number of hydrogen-bond acceptors (Lipinski definition) is 2. The molecule has 0 aliphatic carbocycles. The van der Waals surface area contributed by atoms with Crippen LogP contribution >= 0.6 is 0 Å². The Morgan fingerprint density at radius 1 is 0.850 bits per heavy atom. The molecule has 1 fully saturated rings. The fourth-order valence-corrected chi connectivity index (χ4v) is 2.58. The fourth-order valence-electron chi connectivity index (χ4n) is 2.58. The van der Waals surface area contributed by atoms with Crippen molar-refractivity contribution in [1.82, 2.24) is 10.1 Å². The molecule has 1 heterocycles. The monoisotopic (exact) mass is 264 g/mol. The van der Waals surface area contributed by atoms with Crippen LogP contribution in [0.2, 0.25) is 0 Å². The Morgan fingerprint density at radius 2 is 1.30 bits per heavy atom. The lowest BCUT2D eigenvalue weighted by atomic mass is 9.82. The minimum atomic E-state index is -1.13. The van der Waals surface area contributed by atoms with Gasteiger partial charge < -0.3 is 10.1 Å². The van der Waals surface area contributed by atoms with Gasteiger partial charge >= 0.3 is 6.03 Å². The molecule has 0 bridgehead atoms. The third-order valence-electron chi connectivity index (χ3n) is 3.64. The van der Waals surface area contributed by atoms with Crippen molar-refractivity contribution in [2.45, 2.75) is 5.54 Å². The second kappa shape index (κ2) is 4.52. The van der Waals surface area contributed by atoms with E-state index in [-0.39, 0.29) is 11.9 Å². The van der Waals surface area contributed by atoms with Crippen molar-refractivity contribution in [3.8, 4) is 0 Å². The molecule has 1 N–H and O–H groups in total. The Labute approximate surface area is 117 Å². The van der Waals surface area contributed by atoms with Gasteiger partial charge in [-0.2, -0.15) is 0 Å². The van der Waals surface area contributed by atoms with Gasteiger partial charge in [-0.1, -0.05) is 60.7 Å². The summed E-state index contributed by atoms with van der Waals surface area (Å²) in [6.07, 6.45) is 0. The first-order valence-corrected chi connectivity index (χ1v) is 6.37. The summed E-state index contributed by atoms with van der Waals surface area (Å²) in [5.41, 5.74) is 0.386. The number of imide groups is 1. The molecule has 4 nitrogen and oxygen atoms in total. The molecule has 3 amide bonds. The third kappa shape index (κ3) is 1.63. The SMILES string of the molecule is BN1C(=O)NC(c2ccccc2)(c2ccccc2)C1=O. The molecule has 0 saturated carbocycles. The van der Waals surface area contributed by atoms with Gasteiger partial charge in [0.15, 0.2) is 5.54 Å². The lowest BCUT2D eigenvalue weighted by Crippen LogP contribution is -2.44. The van der Waals surface area contributed by atoms with Crippen LogP contribution in [0.15, 0.2) is 60.7 Å². The van der Waals surface area contributed by atoms with Crippen LogP contribution in [-0.4, -0.2) is 24.7 Å². The number of carbonyl (C=O) groups is 2. The summed E-state index contributed by atoms with van der Waals surface area (Å²) in [4.78, 5) is 25.7. The predicted molar refractivity (Wildman–Crippen MR) is 77.6 cm³/mol. The largest absolute Gasteiger partial charge is 0.317 e. The zero-order valence-corrected chi connectivity index (χ0v) is 11.0. The number of urea groups is 1. The molecule has 5 heteroatoms. The third-order valence-corrected chi connectivity index (χ3v) is 3.64. The van der Waals surface area contributed by atoms with Crippen LogP contribution in [-0.2, 0) is 10.3 Å². The molecule has 0 atom stereocenters. The van der Waals surface area contributed by atoms with Gasteiger partial charge in [0.1, 0.15) is 0 Å². The number of hydrogen-bond donors (Lipinski definition) is 1. The van der Waals surface area contributed by atoms with E-state index in [0.717, 1.165) is 15.9 Å². The van der Waals surface area contributed by atoms with Crippen LogP contribution in [0.25, 0.3) is 0 Å². The standard InChI is InChI=1S/C15H13BN2O2/c16-18-13(19)15(17-14(18)20,11-7-3-1-4-8-11)12-9-5-2-6-10-12/h1-10H,16H2,(H,17,20). The summed E-state index contributed by atoms with van der Waals surface area (Å²) in [5.74, 6) is -0.264. The van der Waals surface area contributed by atoms with Crippen molar-refractivity contribution >= 4 is 19.9 Å². The molecule has 2 aromatic carbocycles. The van der Waals surface area contributed by atoms with Gasteiger partial charge in [0.05, 0.1) is 0 Å². The van der Waals surface area contributed by atoms with E-state index < -0.39 is 5.54 Å². The van der Waals surface area contributed by atoms with Crippen LogP contribution in [0.5, 0.6) is 0 Å². The highest BCUT2D eigenvalue weighted by Crippen LogP contribution is 2.34. The van der Waals surface area contributed by atoms with Crippen molar-refractivity contribution in [2.24, 2.45) is 0 Å². The van der Waals surface area contributed by atoms with Crippen molar-refractivity contribution < 1.29 is 9.59 Å². The van der Waals surface area contributed by atoms with Gasteiger partial charge in [0.2, 0.25) is 7.98 Å². The van der Waals surface area contributed by atoms with E-state index in [1.165, 1.54) is 7.98 Å². The van der Waals surface area contributed by atoms with Crippen molar-refractivity contribution in [3.63, 3.8) is 0 Å². The highest BCUT2D eigenvalue weighted by atomic mass is 16.2. The predicted octanol–water partition coefficient (Wildman–Crippen LogP) is 1.03. The van der Waals surface area contributed by atoms with E-state index in [9.17, 15) is 9.59 Å². The molecular formula is C15H13BN2O2. The van der Waals surface area contributed by atoms with E-state index in [0.29, 0.717) is 0 Å². The quantitative estimate of drug-likeness (QED) is 0.650. The first kappa shape index (κ1) is 12.5. The van der Waals surface area contributed by atoms with E-state index in [4.69, 9.17) is 0 Å². The Morgan fingerprint density at radius 3 is 1.65 bits per heavy atom. The summed E-state index contributed by atoms with van der Waals surface area (Å²) >= 11 is 0. The normalized spacial score (nSPS) is 17.1. The van der Waals surface area contributed by atoms with Crippen LogP contribution in [0.3, 0.4) is 0 Å². The first-order chi connectivity index (χ1) is 9.66. The van der Waals surface area contributed by atoms with E-state index in [1.807, 2.05) is 60.7 Å². The summed E-state index contributed by atoms with van der Waals surface area (Å²) in [6, 6.07) is 18.2. The van der Waals surface area contributed by atoms with Crippen LogP contribution in [0, 0.1) is 0 Å². The maximum absolute atomic E-state index is 12.7. The van der Waals surface area contributed by atoms with Gasteiger partial charge in [0.25, 0.3) is 5.91 Å². The fraction of sp³-hybridized carbons (Fsp3) is 0.0667. The van der Waals surface area contributed by atoms with Crippen LogP contribution < -0.4 is 5.32 Å². The van der Waals surface area contributed by atoms with Gasteiger partial charge in [-0.25, -0.2) is 4.79 Å². The number of carbonyl (C=O) groups excluding carboxylic acids is 2. The Bertz CT molecular complexity index is 619. The van der Waals surface area contributed by atoms with E-state index in [1.54, 1.807) is 0 Å². The molecule has 0 aromatic heterocycles. The smallest absolute Gasteiger partial charge is 0.312 e. The lowest BCUT2D eigenvalue weighted by Gasteiger charge is -2.27.